The van der Waals surface area contributed by atoms with Gasteiger partial charge in [-0.2, -0.15) is 4.98 Å². The van der Waals surface area contributed by atoms with Gasteiger partial charge >= 0.3 is 0 Å². The summed E-state index contributed by atoms with van der Waals surface area (Å²) in [5, 5.41) is 0. The number of amides is 1. The topological polar surface area (TPSA) is 78.6 Å². The number of likely N-dealkylation sites (tertiary alicyclic amines) is 1. The monoisotopic (exact) mass is 332 g/mol. The van der Waals surface area contributed by atoms with E-state index in [1.165, 1.54) is 6.42 Å². The zero-order chi connectivity index (χ0) is 17.1. The molecule has 7 nitrogen and oxygen atoms in total. The third-order valence-electron chi connectivity index (χ3n) is 5.04. The van der Waals surface area contributed by atoms with Crippen molar-refractivity contribution in [3.63, 3.8) is 0 Å². The number of nitrogens with zero attached hydrogens (tertiary/aromatic N) is 5. The lowest BCUT2D eigenvalue weighted by Gasteiger charge is -2.38. The Morgan fingerprint density at radius 1 is 1.21 bits per heavy atom. The van der Waals surface area contributed by atoms with Crippen molar-refractivity contribution in [2.45, 2.75) is 39.2 Å². The number of nitrogens with two attached hydrogens (primary N) is 1. The molecule has 1 amide bonds. The quantitative estimate of drug-likeness (QED) is 0.886. The predicted molar refractivity (Wildman–Crippen MR) is 94.9 cm³/mol. The molecule has 3 heterocycles. The molecule has 0 aliphatic carbocycles. The van der Waals surface area contributed by atoms with E-state index in [4.69, 9.17) is 5.73 Å². The van der Waals surface area contributed by atoms with E-state index in [-0.39, 0.29) is 5.91 Å². The van der Waals surface area contributed by atoms with Crippen LogP contribution in [0.5, 0.6) is 0 Å². The second kappa shape index (κ2) is 7.34. The minimum atomic E-state index is 0.276. The fraction of sp³-hybridized carbons (Fsp3) is 0.706. The van der Waals surface area contributed by atoms with Crippen LogP contribution in [0.3, 0.4) is 0 Å². The molecule has 2 N–H and O–H groups in total. The van der Waals surface area contributed by atoms with Crippen LogP contribution >= 0.6 is 0 Å². The highest BCUT2D eigenvalue weighted by molar-refractivity contribution is 5.78. The van der Waals surface area contributed by atoms with Crippen molar-refractivity contribution in [3.05, 3.63) is 11.8 Å². The standard InChI is InChI=1S/C17H28N6O/c1-13-11-15(20-17(18)19-13)22-9-7-21(8-10-22)12-16(24)23-6-4-3-5-14(23)2/h11,14H,3-10,12H2,1-2H3,(H2,18,19,20). The summed E-state index contributed by atoms with van der Waals surface area (Å²) in [6.07, 6.45) is 3.51. The lowest BCUT2D eigenvalue weighted by molar-refractivity contribution is -0.135. The van der Waals surface area contributed by atoms with Crippen LogP contribution in [0.15, 0.2) is 6.07 Å². The molecule has 0 radical (unpaired) electrons. The maximum Gasteiger partial charge on any atom is 0.236 e. The molecular formula is C17H28N6O. The number of nitrogen functional groups attached to an aromatic ring is 1. The Balaban J connectivity index is 1.52. The van der Waals surface area contributed by atoms with Crippen molar-refractivity contribution in [1.82, 2.24) is 19.8 Å². The van der Waals surface area contributed by atoms with Crippen LogP contribution in [-0.2, 0) is 4.79 Å². The summed E-state index contributed by atoms with van der Waals surface area (Å²) in [6, 6.07) is 2.35. The molecule has 132 valence electrons. The number of aromatic nitrogens is 2. The molecule has 24 heavy (non-hydrogen) atoms. The second-order valence-corrected chi connectivity index (χ2v) is 6.92. The average Bonchev–Trinajstić information content (AvgIpc) is 2.55. The van der Waals surface area contributed by atoms with E-state index < -0.39 is 0 Å². The van der Waals surface area contributed by atoms with Crippen LogP contribution in [0.1, 0.15) is 31.9 Å². The first-order valence-electron chi connectivity index (χ1n) is 8.91. The van der Waals surface area contributed by atoms with Crippen molar-refractivity contribution in [2.24, 2.45) is 0 Å². The van der Waals surface area contributed by atoms with Gasteiger partial charge in [-0.3, -0.25) is 9.69 Å². The number of aryl methyl sites for hydroxylation is 1. The van der Waals surface area contributed by atoms with E-state index in [9.17, 15) is 4.79 Å². The third kappa shape index (κ3) is 3.95. The number of hydrogen-bond acceptors (Lipinski definition) is 6. The van der Waals surface area contributed by atoms with Crippen LogP contribution in [-0.4, -0.2) is 71.0 Å². The van der Waals surface area contributed by atoms with Crippen molar-refractivity contribution in [2.75, 3.05) is 49.9 Å². The Labute approximate surface area is 143 Å². The predicted octanol–water partition coefficient (Wildman–Crippen LogP) is 0.890. The molecule has 0 saturated carbocycles. The van der Waals surface area contributed by atoms with Crippen LogP contribution in [0.4, 0.5) is 11.8 Å². The van der Waals surface area contributed by atoms with Crippen LogP contribution in [0.2, 0.25) is 0 Å². The van der Waals surface area contributed by atoms with E-state index in [0.29, 0.717) is 18.5 Å². The zero-order valence-corrected chi connectivity index (χ0v) is 14.7. The van der Waals surface area contributed by atoms with Crippen LogP contribution in [0, 0.1) is 6.92 Å². The first-order valence-corrected chi connectivity index (χ1v) is 8.91. The molecule has 0 spiro atoms. The Bertz CT molecular complexity index is 564. The summed E-state index contributed by atoms with van der Waals surface area (Å²) < 4.78 is 0. The highest BCUT2D eigenvalue weighted by Crippen LogP contribution is 2.18. The van der Waals surface area contributed by atoms with Gasteiger partial charge in [0.15, 0.2) is 0 Å². The molecular weight excluding hydrogens is 304 g/mol. The van der Waals surface area contributed by atoms with Gasteiger partial charge in [-0.15, -0.1) is 0 Å². The van der Waals surface area contributed by atoms with Gasteiger partial charge in [-0.25, -0.2) is 4.98 Å². The molecule has 1 unspecified atom stereocenters. The highest BCUT2D eigenvalue weighted by atomic mass is 16.2. The van der Waals surface area contributed by atoms with E-state index in [0.717, 1.165) is 57.1 Å². The third-order valence-corrected chi connectivity index (χ3v) is 5.04. The number of rotatable bonds is 3. The van der Waals surface area contributed by atoms with Gasteiger partial charge in [0.1, 0.15) is 5.82 Å². The molecule has 2 saturated heterocycles. The highest BCUT2D eigenvalue weighted by Gasteiger charge is 2.26. The molecule has 0 aromatic carbocycles. The number of piperazine rings is 1. The van der Waals surface area contributed by atoms with Crippen molar-refractivity contribution in [3.8, 4) is 0 Å². The molecule has 2 aliphatic heterocycles. The molecule has 1 aromatic rings. The van der Waals surface area contributed by atoms with Crippen LogP contribution < -0.4 is 10.6 Å². The normalized spacial score (nSPS) is 22.7. The molecule has 1 atom stereocenters. The number of anilines is 2. The second-order valence-electron chi connectivity index (χ2n) is 6.92. The van der Waals surface area contributed by atoms with Gasteiger partial charge in [-0.1, -0.05) is 0 Å². The fourth-order valence-electron chi connectivity index (χ4n) is 3.62. The van der Waals surface area contributed by atoms with E-state index in [1.807, 2.05) is 13.0 Å². The molecule has 0 bridgehead atoms. The smallest absolute Gasteiger partial charge is 0.236 e. The maximum atomic E-state index is 12.6. The fourth-order valence-corrected chi connectivity index (χ4v) is 3.62. The lowest BCUT2D eigenvalue weighted by atomic mass is 10.0. The van der Waals surface area contributed by atoms with Gasteiger partial charge < -0.3 is 15.5 Å². The van der Waals surface area contributed by atoms with E-state index in [1.54, 1.807) is 0 Å². The first-order chi connectivity index (χ1) is 11.5. The molecule has 3 rings (SSSR count). The number of carbonyl (C=O) groups excluding carboxylic acids is 1. The number of piperidine rings is 1. The number of carbonyl (C=O) groups is 1. The molecule has 1 aromatic heterocycles. The van der Waals surface area contributed by atoms with E-state index >= 15 is 0 Å². The van der Waals surface area contributed by atoms with Crippen molar-refractivity contribution in [1.29, 1.82) is 0 Å². The summed E-state index contributed by atoms with van der Waals surface area (Å²) in [5.41, 5.74) is 6.63. The minimum Gasteiger partial charge on any atom is -0.368 e. The summed E-state index contributed by atoms with van der Waals surface area (Å²) in [7, 11) is 0. The van der Waals surface area contributed by atoms with Crippen molar-refractivity contribution < 1.29 is 4.79 Å². The van der Waals surface area contributed by atoms with Gasteiger partial charge in [0.2, 0.25) is 11.9 Å². The lowest BCUT2D eigenvalue weighted by Crippen LogP contribution is -2.52. The van der Waals surface area contributed by atoms with Gasteiger partial charge in [0.25, 0.3) is 0 Å². The van der Waals surface area contributed by atoms with Gasteiger partial charge in [0.05, 0.1) is 6.54 Å². The SMILES string of the molecule is Cc1cc(N2CCN(CC(=O)N3CCCCC3C)CC2)nc(N)n1. The summed E-state index contributed by atoms with van der Waals surface area (Å²) in [4.78, 5) is 27.5. The summed E-state index contributed by atoms with van der Waals surface area (Å²) >= 11 is 0. The Kier molecular flexibility index (Phi) is 5.18. The molecule has 7 heteroatoms. The zero-order valence-electron chi connectivity index (χ0n) is 14.7. The largest absolute Gasteiger partial charge is 0.368 e. The summed E-state index contributed by atoms with van der Waals surface area (Å²) in [6.45, 7) is 9.00. The minimum absolute atomic E-state index is 0.276. The Morgan fingerprint density at radius 2 is 1.96 bits per heavy atom. The van der Waals surface area contributed by atoms with Crippen LogP contribution in [0.25, 0.3) is 0 Å². The molecule has 2 aliphatic rings. The van der Waals surface area contributed by atoms with Gasteiger partial charge in [0, 0.05) is 50.5 Å². The Hall–Kier alpha value is -1.89. The van der Waals surface area contributed by atoms with Crippen molar-refractivity contribution >= 4 is 17.7 Å². The summed E-state index contributed by atoms with van der Waals surface area (Å²) in [5.74, 6) is 1.48. The number of hydrogen-bond donors (Lipinski definition) is 1. The van der Waals surface area contributed by atoms with E-state index in [2.05, 4.69) is 31.6 Å². The Morgan fingerprint density at radius 3 is 2.62 bits per heavy atom. The maximum absolute atomic E-state index is 12.6. The average molecular weight is 332 g/mol. The van der Waals surface area contributed by atoms with Gasteiger partial charge in [-0.05, 0) is 33.1 Å². The first kappa shape index (κ1) is 17.0. The molecule has 2 fully saturated rings.